The average molecular weight is 162 g/mol. The minimum atomic E-state index is 0.966. The van der Waals surface area contributed by atoms with Gasteiger partial charge in [-0.05, 0) is 23.7 Å². The van der Waals surface area contributed by atoms with E-state index in [9.17, 15) is 0 Å². The Kier molecular flexibility index (Phi) is 2.11. The maximum absolute atomic E-state index is 3.34. The van der Waals surface area contributed by atoms with E-state index in [2.05, 4.69) is 28.8 Å². The van der Waals surface area contributed by atoms with Gasteiger partial charge in [0, 0.05) is 19.6 Å². The number of benzene rings is 1. The highest BCUT2D eigenvalue weighted by atomic mass is 14.9. The second-order valence-corrected chi connectivity index (χ2v) is 3.24. The molecule has 64 valence electrons. The Morgan fingerprint density at radius 2 is 2.17 bits per heavy atom. The molecule has 1 aliphatic heterocycles. The van der Waals surface area contributed by atoms with Crippen LogP contribution in [0.5, 0.6) is 0 Å². The molecule has 0 aromatic heterocycles. The van der Waals surface area contributed by atoms with Gasteiger partial charge in [-0.3, -0.25) is 0 Å². The molecule has 0 fully saturated rings. The first-order valence-corrected chi connectivity index (χ1v) is 4.36. The number of hydrogen-bond acceptors (Lipinski definition) is 2. The van der Waals surface area contributed by atoms with Gasteiger partial charge in [0.2, 0.25) is 0 Å². The maximum atomic E-state index is 3.34. The summed E-state index contributed by atoms with van der Waals surface area (Å²) < 4.78 is 0. The smallest absolute Gasteiger partial charge is 0.0212 e. The van der Waals surface area contributed by atoms with E-state index in [4.69, 9.17) is 0 Å². The Morgan fingerprint density at radius 3 is 3.00 bits per heavy atom. The normalized spacial score (nSPS) is 14.8. The van der Waals surface area contributed by atoms with Crippen LogP contribution in [0.3, 0.4) is 0 Å². The molecule has 0 spiro atoms. The molecule has 0 saturated carbocycles. The SMILES string of the molecule is CNCc1ccc2c(c1)CNC2. The number of rotatable bonds is 2. The highest BCUT2D eigenvalue weighted by Crippen LogP contribution is 2.16. The third-order valence-corrected chi connectivity index (χ3v) is 2.28. The number of hydrogen-bond donors (Lipinski definition) is 2. The highest BCUT2D eigenvalue weighted by Gasteiger charge is 2.08. The molecule has 0 aliphatic carbocycles. The summed E-state index contributed by atoms with van der Waals surface area (Å²) >= 11 is 0. The molecular formula is C10H14N2. The Hall–Kier alpha value is -0.860. The van der Waals surface area contributed by atoms with Crippen LogP contribution in [0, 0.1) is 0 Å². The lowest BCUT2D eigenvalue weighted by Gasteiger charge is -2.02. The van der Waals surface area contributed by atoms with E-state index in [0.717, 1.165) is 19.6 Å². The molecule has 0 bridgehead atoms. The van der Waals surface area contributed by atoms with Crippen LogP contribution >= 0.6 is 0 Å². The van der Waals surface area contributed by atoms with Crippen molar-refractivity contribution < 1.29 is 0 Å². The molecule has 0 unspecified atom stereocenters. The monoisotopic (exact) mass is 162 g/mol. The lowest BCUT2D eigenvalue weighted by molar-refractivity contribution is 0.764. The summed E-state index contributed by atoms with van der Waals surface area (Å²) in [6.07, 6.45) is 0. The summed E-state index contributed by atoms with van der Waals surface area (Å²) in [7, 11) is 1.98. The molecule has 2 rings (SSSR count). The van der Waals surface area contributed by atoms with Gasteiger partial charge in [-0.15, -0.1) is 0 Å². The van der Waals surface area contributed by atoms with Gasteiger partial charge in [0.1, 0.15) is 0 Å². The van der Waals surface area contributed by atoms with Crippen LogP contribution < -0.4 is 10.6 Å². The average Bonchev–Trinajstić information content (AvgIpc) is 2.51. The van der Waals surface area contributed by atoms with Crippen molar-refractivity contribution in [2.24, 2.45) is 0 Å². The molecule has 1 aromatic carbocycles. The quantitative estimate of drug-likeness (QED) is 0.678. The zero-order valence-electron chi connectivity index (χ0n) is 7.35. The van der Waals surface area contributed by atoms with Crippen molar-refractivity contribution in [3.63, 3.8) is 0 Å². The lowest BCUT2D eigenvalue weighted by atomic mass is 10.1. The summed E-state index contributed by atoms with van der Waals surface area (Å²) in [6.45, 7) is 3.04. The fourth-order valence-corrected chi connectivity index (χ4v) is 1.66. The predicted molar refractivity (Wildman–Crippen MR) is 49.7 cm³/mol. The third-order valence-electron chi connectivity index (χ3n) is 2.28. The van der Waals surface area contributed by atoms with Crippen LogP contribution in [0.4, 0.5) is 0 Å². The molecule has 1 heterocycles. The zero-order chi connectivity index (χ0) is 8.39. The van der Waals surface area contributed by atoms with Gasteiger partial charge in [0.15, 0.2) is 0 Å². The number of fused-ring (bicyclic) bond motifs is 1. The maximum Gasteiger partial charge on any atom is 0.0212 e. The summed E-state index contributed by atoms with van der Waals surface area (Å²) in [5, 5.41) is 6.49. The molecular weight excluding hydrogens is 148 g/mol. The summed E-state index contributed by atoms with van der Waals surface area (Å²) in [4.78, 5) is 0. The Morgan fingerprint density at radius 1 is 1.33 bits per heavy atom. The summed E-state index contributed by atoms with van der Waals surface area (Å²) in [6, 6.07) is 6.70. The van der Waals surface area contributed by atoms with Gasteiger partial charge in [-0.1, -0.05) is 18.2 Å². The third kappa shape index (κ3) is 1.36. The molecule has 0 atom stereocenters. The van der Waals surface area contributed by atoms with Crippen LogP contribution in [0.15, 0.2) is 18.2 Å². The van der Waals surface area contributed by atoms with E-state index in [1.54, 1.807) is 0 Å². The molecule has 2 N–H and O–H groups in total. The molecule has 0 saturated heterocycles. The van der Waals surface area contributed by atoms with Gasteiger partial charge in [0.25, 0.3) is 0 Å². The molecule has 2 nitrogen and oxygen atoms in total. The van der Waals surface area contributed by atoms with Crippen molar-refractivity contribution in [1.82, 2.24) is 10.6 Å². The van der Waals surface area contributed by atoms with Crippen LogP contribution in [0.1, 0.15) is 16.7 Å². The van der Waals surface area contributed by atoms with Crippen molar-refractivity contribution in [3.05, 3.63) is 34.9 Å². The standard InChI is InChI=1S/C10H14N2/c1-11-5-8-2-3-9-6-12-7-10(9)4-8/h2-4,11-12H,5-7H2,1H3. The molecule has 1 aliphatic rings. The first-order valence-electron chi connectivity index (χ1n) is 4.36. The van der Waals surface area contributed by atoms with E-state index in [-0.39, 0.29) is 0 Å². The fraction of sp³-hybridized carbons (Fsp3) is 0.400. The van der Waals surface area contributed by atoms with Gasteiger partial charge < -0.3 is 10.6 Å². The fourth-order valence-electron chi connectivity index (χ4n) is 1.66. The topological polar surface area (TPSA) is 24.1 Å². The van der Waals surface area contributed by atoms with Crippen molar-refractivity contribution in [2.45, 2.75) is 19.6 Å². The summed E-state index contributed by atoms with van der Waals surface area (Å²) in [5.41, 5.74) is 4.29. The predicted octanol–water partition coefficient (Wildman–Crippen LogP) is 1.01. The van der Waals surface area contributed by atoms with Gasteiger partial charge in [-0.25, -0.2) is 0 Å². The van der Waals surface area contributed by atoms with E-state index in [0.29, 0.717) is 0 Å². The van der Waals surface area contributed by atoms with Crippen LogP contribution in [-0.4, -0.2) is 7.05 Å². The second-order valence-electron chi connectivity index (χ2n) is 3.24. The van der Waals surface area contributed by atoms with Crippen molar-refractivity contribution in [3.8, 4) is 0 Å². The first-order chi connectivity index (χ1) is 5.90. The molecule has 12 heavy (non-hydrogen) atoms. The van der Waals surface area contributed by atoms with Crippen molar-refractivity contribution in [1.29, 1.82) is 0 Å². The Labute approximate surface area is 73.0 Å². The first kappa shape index (κ1) is 7.77. The van der Waals surface area contributed by atoms with Crippen molar-refractivity contribution >= 4 is 0 Å². The van der Waals surface area contributed by atoms with Crippen molar-refractivity contribution in [2.75, 3.05) is 7.05 Å². The molecule has 0 radical (unpaired) electrons. The van der Waals surface area contributed by atoms with Crippen LogP contribution in [0.2, 0.25) is 0 Å². The molecule has 2 heteroatoms. The van der Waals surface area contributed by atoms with E-state index >= 15 is 0 Å². The minimum absolute atomic E-state index is 0.966. The van der Waals surface area contributed by atoms with Gasteiger partial charge >= 0.3 is 0 Å². The van der Waals surface area contributed by atoms with Crippen LogP contribution in [-0.2, 0) is 19.6 Å². The summed E-state index contributed by atoms with van der Waals surface area (Å²) in [5.74, 6) is 0. The molecule has 1 aromatic rings. The van der Waals surface area contributed by atoms with Crippen LogP contribution in [0.25, 0.3) is 0 Å². The minimum Gasteiger partial charge on any atom is -0.316 e. The van der Waals surface area contributed by atoms with E-state index in [1.807, 2.05) is 7.05 Å². The van der Waals surface area contributed by atoms with Gasteiger partial charge in [0.05, 0.1) is 0 Å². The van der Waals surface area contributed by atoms with Gasteiger partial charge in [-0.2, -0.15) is 0 Å². The highest BCUT2D eigenvalue weighted by molar-refractivity contribution is 5.34. The number of nitrogens with one attached hydrogen (secondary N) is 2. The Balaban J connectivity index is 2.26. The largest absolute Gasteiger partial charge is 0.316 e. The second kappa shape index (κ2) is 3.25. The van der Waals surface area contributed by atoms with E-state index in [1.165, 1.54) is 16.7 Å². The zero-order valence-corrected chi connectivity index (χ0v) is 7.35. The van der Waals surface area contributed by atoms with E-state index < -0.39 is 0 Å². The Bertz CT molecular complexity index is 281. The lowest BCUT2D eigenvalue weighted by Crippen LogP contribution is -2.05. The molecule has 0 amide bonds.